The highest BCUT2D eigenvalue weighted by atomic mass is 35.5. The molecular formula is C12H11ClN2. The summed E-state index contributed by atoms with van der Waals surface area (Å²) >= 11 is 5.84. The van der Waals surface area contributed by atoms with Crippen molar-refractivity contribution in [1.82, 2.24) is 9.97 Å². The number of hydrogen-bond donors (Lipinski definition) is 0. The Balaban J connectivity index is 2.53. The lowest BCUT2D eigenvalue weighted by Crippen LogP contribution is -1.92. The third-order valence-corrected chi connectivity index (χ3v) is 2.47. The molecule has 1 aromatic heterocycles. The van der Waals surface area contributed by atoms with Gasteiger partial charge in [0.2, 0.25) is 0 Å². The highest BCUT2D eigenvalue weighted by Gasteiger charge is 2.05. The zero-order chi connectivity index (χ0) is 10.7. The Hall–Kier alpha value is -1.41. The highest BCUT2D eigenvalue weighted by Crippen LogP contribution is 2.21. The second kappa shape index (κ2) is 4.41. The quantitative estimate of drug-likeness (QED) is 0.723. The molecule has 0 spiro atoms. The average Bonchev–Trinajstić information content (AvgIpc) is 2.29. The fourth-order valence-corrected chi connectivity index (χ4v) is 1.65. The van der Waals surface area contributed by atoms with Crippen molar-refractivity contribution in [1.29, 1.82) is 0 Å². The summed E-state index contributed by atoms with van der Waals surface area (Å²) in [6.45, 7) is 2.11. The van der Waals surface area contributed by atoms with Gasteiger partial charge in [-0.3, -0.25) is 0 Å². The molecule has 0 N–H and O–H groups in total. The van der Waals surface area contributed by atoms with Gasteiger partial charge in [-0.25, -0.2) is 9.97 Å². The van der Waals surface area contributed by atoms with Crippen molar-refractivity contribution >= 4 is 11.6 Å². The highest BCUT2D eigenvalue weighted by molar-refractivity contribution is 6.29. The normalized spacial score (nSPS) is 10.3. The summed E-state index contributed by atoms with van der Waals surface area (Å²) in [4.78, 5) is 8.43. The van der Waals surface area contributed by atoms with E-state index in [1.165, 1.54) is 5.56 Å². The third kappa shape index (κ3) is 2.16. The fourth-order valence-electron chi connectivity index (χ4n) is 1.51. The molecule has 1 heterocycles. The molecule has 1 aromatic carbocycles. The van der Waals surface area contributed by atoms with Gasteiger partial charge in [0.1, 0.15) is 5.15 Å². The molecule has 0 atom stereocenters. The van der Waals surface area contributed by atoms with E-state index in [2.05, 4.69) is 23.0 Å². The number of halogens is 1. The SMILES string of the molecule is CCc1ccccc1-c1nccc(Cl)n1. The van der Waals surface area contributed by atoms with Crippen LogP contribution in [-0.4, -0.2) is 9.97 Å². The number of benzene rings is 1. The maximum Gasteiger partial charge on any atom is 0.161 e. The Morgan fingerprint density at radius 3 is 2.73 bits per heavy atom. The van der Waals surface area contributed by atoms with E-state index >= 15 is 0 Å². The van der Waals surface area contributed by atoms with Crippen molar-refractivity contribution in [2.24, 2.45) is 0 Å². The Bertz CT molecular complexity index is 469. The summed E-state index contributed by atoms with van der Waals surface area (Å²) in [5, 5.41) is 0.478. The van der Waals surface area contributed by atoms with Gasteiger partial charge in [0.25, 0.3) is 0 Å². The summed E-state index contributed by atoms with van der Waals surface area (Å²) in [6.07, 6.45) is 2.64. The number of aromatic nitrogens is 2. The van der Waals surface area contributed by atoms with Crippen LogP contribution >= 0.6 is 11.6 Å². The maximum absolute atomic E-state index is 5.84. The summed E-state index contributed by atoms with van der Waals surface area (Å²) < 4.78 is 0. The molecule has 0 fully saturated rings. The molecule has 0 saturated heterocycles. The van der Waals surface area contributed by atoms with E-state index in [0.717, 1.165) is 12.0 Å². The van der Waals surface area contributed by atoms with Crippen LogP contribution in [0.2, 0.25) is 5.15 Å². The average molecular weight is 219 g/mol. The van der Waals surface area contributed by atoms with Gasteiger partial charge in [0.15, 0.2) is 5.82 Å². The second-order valence-electron chi connectivity index (χ2n) is 3.21. The molecule has 0 unspecified atom stereocenters. The fraction of sp³-hybridized carbons (Fsp3) is 0.167. The van der Waals surface area contributed by atoms with E-state index in [0.29, 0.717) is 11.0 Å². The van der Waals surface area contributed by atoms with Gasteiger partial charge in [-0.1, -0.05) is 42.8 Å². The molecule has 0 amide bonds. The van der Waals surface area contributed by atoms with Gasteiger partial charge in [-0.2, -0.15) is 0 Å². The third-order valence-electron chi connectivity index (χ3n) is 2.26. The van der Waals surface area contributed by atoms with Crippen LogP contribution in [-0.2, 0) is 6.42 Å². The first kappa shape index (κ1) is 10.1. The van der Waals surface area contributed by atoms with Gasteiger partial charge in [0, 0.05) is 11.8 Å². The van der Waals surface area contributed by atoms with Crippen molar-refractivity contribution < 1.29 is 0 Å². The number of hydrogen-bond acceptors (Lipinski definition) is 2. The van der Waals surface area contributed by atoms with Crippen molar-refractivity contribution in [3.63, 3.8) is 0 Å². The van der Waals surface area contributed by atoms with E-state index in [9.17, 15) is 0 Å². The summed E-state index contributed by atoms with van der Waals surface area (Å²) in [5.74, 6) is 0.694. The summed E-state index contributed by atoms with van der Waals surface area (Å²) in [6, 6.07) is 9.79. The molecule has 0 aliphatic carbocycles. The summed E-state index contributed by atoms with van der Waals surface area (Å²) in [7, 11) is 0. The minimum absolute atomic E-state index is 0.478. The molecule has 0 bridgehead atoms. The molecule has 2 rings (SSSR count). The number of aryl methyl sites for hydroxylation is 1. The Morgan fingerprint density at radius 2 is 2.00 bits per heavy atom. The molecule has 15 heavy (non-hydrogen) atoms. The van der Waals surface area contributed by atoms with Crippen LogP contribution in [0, 0.1) is 0 Å². The van der Waals surface area contributed by atoms with Crippen molar-refractivity contribution in [3.05, 3.63) is 47.2 Å². The Kier molecular flexibility index (Phi) is 2.97. The van der Waals surface area contributed by atoms with Crippen LogP contribution in [0.1, 0.15) is 12.5 Å². The van der Waals surface area contributed by atoms with Crippen LogP contribution < -0.4 is 0 Å². The molecule has 0 saturated carbocycles. The monoisotopic (exact) mass is 218 g/mol. The van der Waals surface area contributed by atoms with E-state index in [-0.39, 0.29) is 0 Å². The topological polar surface area (TPSA) is 25.8 Å². The Labute approximate surface area is 94.0 Å². The predicted octanol–water partition coefficient (Wildman–Crippen LogP) is 3.36. The van der Waals surface area contributed by atoms with Gasteiger partial charge in [-0.05, 0) is 18.1 Å². The molecule has 3 heteroatoms. The van der Waals surface area contributed by atoms with Crippen LogP contribution in [0.3, 0.4) is 0 Å². The van der Waals surface area contributed by atoms with Crippen LogP contribution in [0.15, 0.2) is 36.5 Å². The largest absolute Gasteiger partial charge is 0.236 e. The van der Waals surface area contributed by atoms with Gasteiger partial charge in [-0.15, -0.1) is 0 Å². The lowest BCUT2D eigenvalue weighted by Gasteiger charge is -2.05. The Morgan fingerprint density at radius 1 is 1.20 bits per heavy atom. The van der Waals surface area contributed by atoms with Crippen LogP contribution in [0.5, 0.6) is 0 Å². The van der Waals surface area contributed by atoms with Crippen molar-refractivity contribution in [2.45, 2.75) is 13.3 Å². The van der Waals surface area contributed by atoms with Gasteiger partial charge >= 0.3 is 0 Å². The minimum Gasteiger partial charge on any atom is -0.236 e. The molecule has 0 aliphatic rings. The minimum atomic E-state index is 0.478. The molecule has 0 radical (unpaired) electrons. The van der Waals surface area contributed by atoms with Crippen LogP contribution in [0.25, 0.3) is 11.4 Å². The number of nitrogens with zero attached hydrogens (tertiary/aromatic N) is 2. The smallest absolute Gasteiger partial charge is 0.161 e. The van der Waals surface area contributed by atoms with Gasteiger partial charge < -0.3 is 0 Å². The van der Waals surface area contributed by atoms with Crippen LogP contribution in [0.4, 0.5) is 0 Å². The van der Waals surface area contributed by atoms with Gasteiger partial charge in [0.05, 0.1) is 0 Å². The first-order chi connectivity index (χ1) is 7.31. The molecule has 2 nitrogen and oxygen atoms in total. The zero-order valence-corrected chi connectivity index (χ0v) is 9.20. The molecular weight excluding hydrogens is 208 g/mol. The second-order valence-corrected chi connectivity index (χ2v) is 3.60. The van der Waals surface area contributed by atoms with Crippen molar-refractivity contribution in [2.75, 3.05) is 0 Å². The van der Waals surface area contributed by atoms with E-state index in [1.807, 2.05) is 18.2 Å². The predicted molar refractivity (Wildman–Crippen MR) is 61.9 cm³/mol. The molecule has 76 valence electrons. The van der Waals surface area contributed by atoms with E-state index in [4.69, 9.17) is 11.6 Å². The van der Waals surface area contributed by atoms with E-state index in [1.54, 1.807) is 12.3 Å². The first-order valence-corrected chi connectivity index (χ1v) is 5.26. The van der Waals surface area contributed by atoms with Crippen molar-refractivity contribution in [3.8, 4) is 11.4 Å². The summed E-state index contributed by atoms with van der Waals surface area (Å²) in [5.41, 5.74) is 2.29. The molecule has 2 aromatic rings. The first-order valence-electron chi connectivity index (χ1n) is 4.88. The number of rotatable bonds is 2. The van der Waals surface area contributed by atoms with E-state index < -0.39 is 0 Å². The lowest BCUT2D eigenvalue weighted by molar-refractivity contribution is 1.11. The molecule has 0 aliphatic heterocycles. The maximum atomic E-state index is 5.84. The lowest BCUT2D eigenvalue weighted by atomic mass is 10.1. The standard InChI is InChI=1S/C12H11ClN2/c1-2-9-5-3-4-6-10(9)12-14-8-7-11(13)15-12/h3-8H,2H2,1H3. The zero-order valence-electron chi connectivity index (χ0n) is 8.44.